The number of likely N-dealkylation sites (tertiary alicyclic amines) is 1. The minimum atomic E-state index is 0.659. The molecule has 2 bridgehead atoms. The van der Waals surface area contributed by atoms with Gasteiger partial charge < -0.3 is 14.7 Å². The minimum Gasteiger partial charge on any atom is -0.340 e. The summed E-state index contributed by atoms with van der Waals surface area (Å²) in [5, 5.41) is 7.76. The number of fused-ring (bicyclic) bond motifs is 2. The number of hydrogen-bond donors (Lipinski definition) is 1. The molecule has 5 nitrogen and oxygen atoms in total. The van der Waals surface area contributed by atoms with Gasteiger partial charge in [0.15, 0.2) is 5.82 Å². The van der Waals surface area contributed by atoms with Gasteiger partial charge in [0.1, 0.15) is 0 Å². The van der Waals surface area contributed by atoms with Gasteiger partial charge >= 0.3 is 0 Å². The van der Waals surface area contributed by atoms with Gasteiger partial charge in [-0.25, -0.2) is 0 Å². The van der Waals surface area contributed by atoms with Crippen LogP contribution in [0, 0.1) is 18.8 Å². The van der Waals surface area contributed by atoms with Gasteiger partial charge in [0, 0.05) is 45.1 Å². The lowest BCUT2D eigenvalue weighted by Crippen LogP contribution is -2.58. The van der Waals surface area contributed by atoms with E-state index < -0.39 is 0 Å². The number of aromatic nitrogens is 2. The van der Waals surface area contributed by atoms with Crippen LogP contribution in [0.2, 0.25) is 0 Å². The largest absolute Gasteiger partial charge is 0.340 e. The van der Waals surface area contributed by atoms with E-state index >= 15 is 0 Å². The van der Waals surface area contributed by atoms with E-state index in [0.717, 1.165) is 30.6 Å². The second kappa shape index (κ2) is 6.44. The van der Waals surface area contributed by atoms with Gasteiger partial charge in [0.05, 0.1) is 0 Å². The molecule has 1 aromatic heterocycles. The van der Waals surface area contributed by atoms with Crippen molar-refractivity contribution >= 4 is 0 Å². The molecule has 3 rings (SSSR count). The van der Waals surface area contributed by atoms with E-state index in [1.807, 2.05) is 6.92 Å². The average Bonchev–Trinajstić information content (AvgIpc) is 2.83. The summed E-state index contributed by atoms with van der Waals surface area (Å²) < 4.78 is 5.03. The monoisotopic (exact) mass is 292 g/mol. The number of piperidine rings is 1. The lowest BCUT2D eigenvalue weighted by atomic mass is 9.73. The Balaban J connectivity index is 1.53. The fourth-order valence-corrected chi connectivity index (χ4v) is 4.02. The van der Waals surface area contributed by atoms with Crippen LogP contribution in [-0.4, -0.2) is 46.8 Å². The third-order valence-corrected chi connectivity index (χ3v) is 5.13. The van der Waals surface area contributed by atoms with Crippen molar-refractivity contribution in [3.8, 4) is 0 Å². The van der Waals surface area contributed by atoms with Crippen molar-refractivity contribution in [2.24, 2.45) is 11.8 Å². The van der Waals surface area contributed by atoms with E-state index in [4.69, 9.17) is 4.52 Å². The molecular formula is C16H28N4O. The van der Waals surface area contributed by atoms with Crippen LogP contribution in [0.3, 0.4) is 0 Å². The first-order valence-electron chi connectivity index (χ1n) is 8.40. The first kappa shape index (κ1) is 15.0. The van der Waals surface area contributed by atoms with Crippen molar-refractivity contribution in [2.75, 3.05) is 19.6 Å². The van der Waals surface area contributed by atoms with E-state index in [0.29, 0.717) is 18.0 Å². The van der Waals surface area contributed by atoms with Gasteiger partial charge in [-0.15, -0.1) is 0 Å². The second-order valence-corrected chi connectivity index (χ2v) is 6.96. The molecule has 2 heterocycles. The fourth-order valence-electron chi connectivity index (χ4n) is 4.02. The van der Waals surface area contributed by atoms with Crippen LogP contribution in [0.15, 0.2) is 4.52 Å². The van der Waals surface area contributed by atoms with Crippen molar-refractivity contribution < 1.29 is 4.52 Å². The fraction of sp³-hybridized carbons (Fsp3) is 0.875. The molecule has 1 aliphatic heterocycles. The van der Waals surface area contributed by atoms with E-state index in [9.17, 15) is 0 Å². The maximum atomic E-state index is 5.03. The molecule has 2 unspecified atom stereocenters. The zero-order valence-electron chi connectivity index (χ0n) is 13.5. The molecule has 1 N–H and O–H groups in total. The molecule has 21 heavy (non-hydrogen) atoms. The van der Waals surface area contributed by atoms with Crippen LogP contribution in [-0.2, 0) is 6.42 Å². The van der Waals surface area contributed by atoms with Gasteiger partial charge in [0.25, 0.3) is 0 Å². The van der Waals surface area contributed by atoms with Crippen LogP contribution in [0.1, 0.15) is 44.8 Å². The van der Waals surface area contributed by atoms with Gasteiger partial charge in [-0.3, -0.25) is 0 Å². The molecule has 1 aromatic rings. The maximum Gasteiger partial charge on any atom is 0.223 e. The normalized spacial score (nSPS) is 30.0. The standard InChI is InChI=1S/C16H28N4O/c1-11(2)20-9-13-5-4-6-14(10-20)16(13)17-8-7-15-18-12(3)21-19-15/h11,13-14,16-17H,4-10H2,1-3H3. The average molecular weight is 292 g/mol. The van der Waals surface area contributed by atoms with Crippen molar-refractivity contribution in [3.63, 3.8) is 0 Å². The van der Waals surface area contributed by atoms with Gasteiger partial charge in [-0.05, 0) is 38.5 Å². The van der Waals surface area contributed by atoms with Crippen molar-refractivity contribution in [1.29, 1.82) is 0 Å². The highest BCUT2D eigenvalue weighted by molar-refractivity contribution is 4.96. The lowest BCUT2D eigenvalue weighted by Gasteiger charge is -2.49. The first-order valence-corrected chi connectivity index (χ1v) is 8.40. The first-order chi connectivity index (χ1) is 10.1. The van der Waals surface area contributed by atoms with Crippen LogP contribution in [0.25, 0.3) is 0 Å². The summed E-state index contributed by atoms with van der Waals surface area (Å²) in [4.78, 5) is 6.94. The predicted molar refractivity (Wildman–Crippen MR) is 82.1 cm³/mol. The second-order valence-electron chi connectivity index (χ2n) is 6.96. The molecule has 0 amide bonds. The number of aryl methyl sites for hydroxylation is 1. The van der Waals surface area contributed by atoms with Crippen LogP contribution in [0.4, 0.5) is 0 Å². The Morgan fingerprint density at radius 3 is 2.57 bits per heavy atom. The molecule has 5 heteroatoms. The van der Waals surface area contributed by atoms with Gasteiger partial charge in [-0.1, -0.05) is 11.6 Å². The SMILES string of the molecule is Cc1nc(CCNC2C3CCCC2CN(C(C)C)C3)no1. The summed E-state index contributed by atoms with van der Waals surface area (Å²) in [6.07, 6.45) is 5.02. The maximum absolute atomic E-state index is 5.03. The molecule has 0 radical (unpaired) electrons. The highest BCUT2D eigenvalue weighted by atomic mass is 16.5. The van der Waals surface area contributed by atoms with Crippen molar-refractivity contribution in [3.05, 3.63) is 11.7 Å². The zero-order chi connectivity index (χ0) is 14.8. The zero-order valence-corrected chi connectivity index (χ0v) is 13.5. The van der Waals surface area contributed by atoms with E-state index in [1.165, 1.54) is 32.4 Å². The minimum absolute atomic E-state index is 0.659. The summed E-state index contributed by atoms with van der Waals surface area (Å²) in [6, 6.07) is 1.36. The molecule has 1 saturated heterocycles. The number of nitrogens with zero attached hydrogens (tertiary/aromatic N) is 3. The summed E-state index contributed by atoms with van der Waals surface area (Å²) in [5.74, 6) is 3.11. The Hall–Kier alpha value is -0.940. The summed E-state index contributed by atoms with van der Waals surface area (Å²) in [7, 11) is 0. The molecular weight excluding hydrogens is 264 g/mol. The van der Waals surface area contributed by atoms with E-state index in [-0.39, 0.29) is 0 Å². The molecule has 1 saturated carbocycles. The van der Waals surface area contributed by atoms with Gasteiger partial charge in [-0.2, -0.15) is 4.98 Å². The highest BCUT2D eigenvalue weighted by Gasteiger charge is 2.39. The molecule has 1 aliphatic carbocycles. The lowest BCUT2D eigenvalue weighted by molar-refractivity contribution is 0.0299. The molecule has 2 fully saturated rings. The third-order valence-electron chi connectivity index (χ3n) is 5.13. The number of hydrogen-bond acceptors (Lipinski definition) is 5. The van der Waals surface area contributed by atoms with E-state index in [1.54, 1.807) is 0 Å². The third kappa shape index (κ3) is 3.46. The number of nitrogens with one attached hydrogen (secondary N) is 1. The summed E-state index contributed by atoms with van der Waals surface area (Å²) in [5.41, 5.74) is 0. The predicted octanol–water partition coefficient (Wildman–Crippen LogP) is 2.02. The topological polar surface area (TPSA) is 54.2 Å². The quantitative estimate of drug-likeness (QED) is 0.900. The molecule has 118 valence electrons. The van der Waals surface area contributed by atoms with Crippen LogP contribution < -0.4 is 5.32 Å². The Kier molecular flexibility index (Phi) is 4.60. The molecule has 2 aliphatic rings. The van der Waals surface area contributed by atoms with Gasteiger partial charge in [0.2, 0.25) is 5.89 Å². The molecule has 0 spiro atoms. The van der Waals surface area contributed by atoms with E-state index in [2.05, 4.69) is 34.2 Å². The van der Waals surface area contributed by atoms with Crippen molar-refractivity contribution in [2.45, 2.75) is 58.5 Å². The van der Waals surface area contributed by atoms with Crippen LogP contribution in [0.5, 0.6) is 0 Å². The smallest absolute Gasteiger partial charge is 0.223 e. The Morgan fingerprint density at radius 1 is 1.29 bits per heavy atom. The van der Waals surface area contributed by atoms with Crippen LogP contribution >= 0.6 is 0 Å². The number of rotatable bonds is 5. The van der Waals surface area contributed by atoms with Crippen molar-refractivity contribution in [1.82, 2.24) is 20.4 Å². The Bertz CT molecular complexity index is 445. The molecule has 2 atom stereocenters. The summed E-state index contributed by atoms with van der Waals surface area (Å²) in [6.45, 7) is 9.96. The summed E-state index contributed by atoms with van der Waals surface area (Å²) >= 11 is 0. The Labute approximate surface area is 127 Å². The highest BCUT2D eigenvalue weighted by Crippen LogP contribution is 2.35. The Morgan fingerprint density at radius 2 is 2.00 bits per heavy atom. The molecule has 0 aromatic carbocycles.